The number of carbonyl (C=O) groups is 1. The van der Waals surface area contributed by atoms with Crippen molar-refractivity contribution in [1.29, 1.82) is 0 Å². The van der Waals surface area contributed by atoms with E-state index >= 15 is 0 Å². The van der Waals surface area contributed by atoms with Crippen LogP contribution in [0.3, 0.4) is 0 Å². The fraction of sp³-hybridized carbons (Fsp3) is 0.0952. The monoisotopic (exact) mass is 331 g/mol. The number of hydrogen-bond acceptors (Lipinski definition) is 2. The summed E-state index contributed by atoms with van der Waals surface area (Å²) in [5.41, 5.74) is 3.08. The van der Waals surface area contributed by atoms with Gasteiger partial charge >= 0.3 is 0 Å². The summed E-state index contributed by atoms with van der Waals surface area (Å²) in [6, 6.07) is 22.0. The van der Waals surface area contributed by atoms with E-state index in [9.17, 15) is 4.79 Å². The molecule has 0 unspecified atom stereocenters. The van der Waals surface area contributed by atoms with Crippen molar-refractivity contribution >= 4 is 28.0 Å². The van der Waals surface area contributed by atoms with E-state index in [4.69, 9.17) is 0 Å². The average molecular weight is 331 g/mol. The molecule has 0 aliphatic carbocycles. The van der Waals surface area contributed by atoms with Gasteiger partial charge in [0.25, 0.3) is 0 Å². The van der Waals surface area contributed by atoms with Gasteiger partial charge in [0.15, 0.2) is 5.78 Å². The smallest absolute Gasteiger partial charge is 0.163 e. The van der Waals surface area contributed by atoms with E-state index < -0.39 is 0 Å². The highest BCUT2D eigenvalue weighted by molar-refractivity contribution is 7.10. The van der Waals surface area contributed by atoms with Gasteiger partial charge in [-0.25, -0.2) is 0 Å². The highest BCUT2D eigenvalue weighted by atomic mass is 32.1. The minimum Gasteiger partial charge on any atom is -0.361 e. The van der Waals surface area contributed by atoms with Crippen LogP contribution in [0.4, 0.5) is 0 Å². The Morgan fingerprint density at radius 2 is 1.75 bits per heavy atom. The summed E-state index contributed by atoms with van der Waals surface area (Å²) >= 11 is 1.71. The van der Waals surface area contributed by atoms with E-state index in [2.05, 4.69) is 34.6 Å². The van der Waals surface area contributed by atoms with Crippen LogP contribution < -0.4 is 0 Å². The van der Waals surface area contributed by atoms with Gasteiger partial charge in [0.2, 0.25) is 0 Å². The molecule has 4 rings (SSSR count). The molecule has 0 aliphatic heterocycles. The molecule has 2 aromatic heterocycles. The molecular formula is C21H17NOS. The number of nitrogens with one attached hydrogen (secondary N) is 1. The van der Waals surface area contributed by atoms with Gasteiger partial charge in [0, 0.05) is 39.9 Å². The largest absolute Gasteiger partial charge is 0.361 e. The summed E-state index contributed by atoms with van der Waals surface area (Å²) in [6.45, 7) is 0. The third-order valence-electron chi connectivity index (χ3n) is 4.37. The van der Waals surface area contributed by atoms with E-state index in [1.54, 1.807) is 11.3 Å². The van der Waals surface area contributed by atoms with Crippen molar-refractivity contribution < 1.29 is 4.79 Å². The third kappa shape index (κ3) is 2.79. The second-order valence-electron chi connectivity index (χ2n) is 5.85. The second kappa shape index (κ2) is 6.46. The average Bonchev–Trinajstić information content (AvgIpc) is 3.30. The number of hydrogen-bond donors (Lipinski definition) is 1. The number of benzene rings is 2. The first kappa shape index (κ1) is 14.9. The Morgan fingerprint density at radius 3 is 2.54 bits per heavy atom. The van der Waals surface area contributed by atoms with Crippen molar-refractivity contribution in [2.75, 3.05) is 0 Å². The van der Waals surface area contributed by atoms with E-state index in [1.165, 1.54) is 15.8 Å². The fourth-order valence-electron chi connectivity index (χ4n) is 3.16. The lowest BCUT2D eigenvalue weighted by molar-refractivity contribution is 0.0978. The van der Waals surface area contributed by atoms with Crippen LogP contribution in [0.15, 0.2) is 78.3 Å². The summed E-state index contributed by atoms with van der Waals surface area (Å²) in [4.78, 5) is 17.3. The van der Waals surface area contributed by atoms with Gasteiger partial charge in [-0.05, 0) is 23.1 Å². The van der Waals surface area contributed by atoms with Crippen LogP contribution in [-0.2, 0) is 0 Å². The van der Waals surface area contributed by atoms with Gasteiger partial charge in [-0.1, -0.05) is 54.6 Å². The predicted molar refractivity (Wildman–Crippen MR) is 99.9 cm³/mol. The first-order valence-corrected chi connectivity index (χ1v) is 8.88. The van der Waals surface area contributed by atoms with Crippen molar-refractivity contribution in [3.8, 4) is 0 Å². The second-order valence-corrected chi connectivity index (χ2v) is 6.83. The predicted octanol–water partition coefficient (Wildman–Crippen LogP) is 5.63. The summed E-state index contributed by atoms with van der Waals surface area (Å²) in [6.07, 6.45) is 2.53. The maximum Gasteiger partial charge on any atom is 0.163 e. The maximum absolute atomic E-state index is 12.8. The van der Waals surface area contributed by atoms with Gasteiger partial charge in [-0.2, -0.15) is 0 Å². The Morgan fingerprint density at radius 1 is 0.958 bits per heavy atom. The number of fused-ring (bicyclic) bond motifs is 1. The molecule has 24 heavy (non-hydrogen) atoms. The SMILES string of the molecule is O=C(C[C@@H](c1cccs1)c1c[nH]c2ccccc12)c1ccccc1. The number of Topliss-reactive ketones (excluding diaryl/α,β-unsaturated/α-hetero) is 1. The molecule has 0 saturated carbocycles. The fourth-order valence-corrected chi connectivity index (χ4v) is 4.01. The summed E-state index contributed by atoms with van der Waals surface area (Å²) in [7, 11) is 0. The Balaban J connectivity index is 1.74. The minimum atomic E-state index is 0.0776. The molecule has 0 fully saturated rings. The number of para-hydroxylation sites is 1. The number of carbonyl (C=O) groups excluding carboxylic acids is 1. The molecule has 1 N–H and O–H groups in total. The lowest BCUT2D eigenvalue weighted by Crippen LogP contribution is -2.07. The molecule has 0 bridgehead atoms. The number of ketones is 1. The van der Waals surface area contributed by atoms with E-state index in [0.717, 1.165) is 11.1 Å². The molecule has 0 spiro atoms. The zero-order valence-electron chi connectivity index (χ0n) is 13.1. The van der Waals surface area contributed by atoms with Gasteiger partial charge < -0.3 is 4.98 Å². The molecule has 2 aromatic carbocycles. The molecule has 2 heterocycles. The minimum absolute atomic E-state index is 0.0776. The highest BCUT2D eigenvalue weighted by Crippen LogP contribution is 2.36. The van der Waals surface area contributed by atoms with Crippen LogP contribution in [0, 0.1) is 0 Å². The molecular weight excluding hydrogens is 314 g/mol. The van der Waals surface area contributed by atoms with Crippen LogP contribution >= 0.6 is 11.3 Å². The number of H-pyrrole nitrogens is 1. The molecule has 2 nitrogen and oxygen atoms in total. The number of aromatic nitrogens is 1. The van der Waals surface area contributed by atoms with Crippen LogP contribution in [-0.4, -0.2) is 10.8 Å². The highest BCUT2D eigenvalue weighted by Gasteiger charge is 2.22. The molecule has 0 aliphatic rings. The topological polar surface area (TPSA) is 32.9 Å². The van der Waals surface area contributed by atoms with Crippen molar-refractivity contribution in [2.24, 2.45) is 0 Å². The normalized spacial score (nSPS) is 12.3. The Kier molecular flexibility index (Phi) is 4.01. The van der Waals surface area contributed by atoms with Crippen LogP contribution in [0.25, 0.3) is 10.9 Å². The van der Waals surface area contributed by atoms with Gasteiger partial charge in [0.05, 0.1) is 0 Å². The summed E-state index contributed by atoms with van der Waals surface area (Å²) in [5, 5.41) is 3.27. The van der Waals surface area contributed by atoms with Crippen molar-refractivity contribution in [3.63, 3.8) is 0 Å². The quantitative estimate of drug-likeness (QED) is 0.472. The molecule has 0 amide bonds. The molecule has 3 heteroatoms. The van der Waals surface area contributed by atoms with Gasteiger partial charge in [0.1, 0.15) is 0 Å². The lowest BCUT2D eigenvalue weighted by Gasteiger charge is -2.14. The van der Waals surface area contributed by atoms with Crippen LogP contribution in [0.5, 0.6) is 0 Å². The van der Waals surface area contributed by atoms with Crippen LogP contribution in [0.2, 0.25) is 0 Å². The maximum atomic E-state index is 12.8. The summed E-state index contributed by atoms with van der Waals surface area (Å²) in [5.74, 6) is 0.258. The van der Waals surface area contributed by atoms with E-state index in [1.807, 2.05) is 48.7 Å². The van der Waals surface area contributed by atoms with Crippen molar-refractivity contribution in [3.05, 3.63) is 94.3 Å². The molecule has 0 radical (unpaired) electrons. The molecule has 4 aromatic rings. The standard InChI is InChI=1S/C21H17NOS/c23-20(15-7-2-1-3-8-15)13-17(21-11-6-12-24-21)18-14-22-19-10-5-4-9-16(18)19/h1-12,14,17,22H,13H2/t17-/m1/s1. The number of thiophene rings is 1. The Bertz CT molecular complexity index is 954. The summed E-state index contributed by atoms with van der Waals surface area (Å²) < 4.78 is 0. The zero-order valence-corrected chi connectivity index (χ0v) is 13.9. The molecule has 118 valence electrons. The molecule has 1 atom stereocenters. The zero-order chi connectivity index (χ0) is 16.4. The van der Waals surface area contributed by atoms with Gasteiger partial charge in [-0.15, -0.1) is 11.3 Å². The van der Waals surface area contributed by atoms with E-state index in [-0.39, 0.29) is 11.7 Å². The van der Waals surface area contributed by atoms with Gasteiger partial charge in [-0.3, -0.25) is 4.79 Å². The number of aromatic amines is 1. The van der Waals surface area contributed by atoms with Crippen molar-refractivity contribution in [2.45, 2.75) is 12.3 Å². The third-order valence-corrected chi connectivity index (χ3v) is 5.35. The molecule has 0 saturated heterocycles. The van der Waals surface area contributed by atoms with Crippen LogP contribution in [0.1, 0.15) is 33.1 Å². The Labute approximate surface area is 144 Å². The first-order valence-electron chi connectivity index (χ1n) is 8.00. The number of rotatable bonds is 5. The first-order chi connectivity index (χ1) is 11.8. The Hall–Kier alpha value is -2.65. The van der Waals surface area contributed by atoms with Crippen molar-refractivity contribution in [1.82, 2.24) is 4.98 Å². The van der Waals surface area contributed by atoms with E-state index in [0.29, 0.717) is 6.42 Å². The lowest BCUT2D eigenvalue weighted by atomic mass is 9.90.